The first-order valence-electron chi connectivity index (χ1n) is 10.6. The highest BCUT2D eigenvalue weighted by Gasteiger charge is 2.46. The number of carbonyl (C=O) groups excluding carboxylic acids is 2. The lowest BCUT2D eigenvalue weighted by molar-refractivity contribution is -0.139. The van der Waals surface area contributed by atoms with Gasteiger partial charge in [-0.25, -0.2) is 0 Å². The minimum absolute atomic E-state index is 0.0360. The molecule has 2 aromatic rings. The van der Waals surface area contributed by atoms with Gasteiger partial charge in [0.1, 0.15) is 22.8 Å². The van der Waals surface area contributed by atoms with Crippen LogP contribution in [0.1, 0.15) is 36.9 Å². The van der Waals surface area contributed by atoms with Crippen LogP contribution in [0.4, 0.5) is 0 Å². The Labute approximate surface area is 193 Å². The molecule has 0 aliphatic carbocycles. The van der Waals surface area contributed by atoms with E-state index in [1.54, 1.807) is 36.4 Å². The summed E-state index contributed by atoms with van der Waals surface area (Å²) < 4.78 is 21.6. The first kappa shape index (κ1) is 24.0. The molecule has 1 atom stereocenters. The number of nitrogens with zero attached hydrogens (tertiary/aromatic N) is 1. The number of ether oxygens (including phenoxy) is 4. The minimum atomic E-state index is -0.814. The third kappa shape index (κ3) is 4.33. The second kappa shape index (κ2) is 10.3. The Morgan fingerprint density at radius 3 is 2.06 bits per heavy atom. The van der Waals surface area contributed by atoms with Gasteiger partial charge in [-0.05, 0) is 36.2 Å². The topological polar surface area (TPSA) is 94.5 Å². The van der Waals surface area contributed by atoms with Gasteiger partial charge >= 0.3 is 0 Å². The largest absolute Gasteiger partial charge is 0.506 e. The van der Waals surface area contributed by atoms with E-state index in [2.05, 4.69) is 0 Å². The molecular formula is C25H29NO7. The van der Waals surface area contributed by atoms with Gasteiger partial charge in [-0.3, -0.25) is 9.59 Å². The van der Waals surface area contributed by atoms with Gasteiger partial charge in [0.05, 0.1) is 40.1 Å². The molecule has 1 aliphatic heterocycles. The van der Waals surface area contributed by atoms with E-state index in [9.17, 15) is 14.7 Å². The predicted molar refractivity (Wildman–Crippen MR) is 123 cm³/mol. The van der Waals surface area contributed by atoms with E-state index in [1.165, 1.54) is 33.3 Å². The molecule has 1 N–H and O–H groups in total. The van der Waals surface area contributed by atoms with Crippen LogP contribution >= 0.6 is 0 Å². The molecule has 33 heavy (non-hydrogen) atoms. The number of rotatable bonds is 9. The van der Waals surface area contributed by atoms with E-state index >= 15 is 0 Å². The van der Waals surface area contributed by atoms with Crippen LogP contribution in [0.15, 0.2) is 42.0 Å². The van der Waals surface area contributed by atoms with Crippen LogP contribution in [-0.4, -0.2) is 56.7 Å². The number of methoxy groups -OCH3 is 4. The number of unbranched alkanes of at least 4 members (excludes halogenated alkanes) is 1. The zero-order chi connectivity index (χ0) is 24.1. The lowest BCUT2D eigenvalue weighted by Gasteiger charge is -2.26. The van der Waals surface area contributed by atoms with Gasteiger partial charge in [-0.1, -0.05) is 25.5 Å². The van der Waals surface area contributed by atoms with Crippen molar-refractivity contribution in [2.45, 2.75) is 25.8 Å². The number of benzene rings is 2. The smallest absolute Gasteiger partial charge is 0.295 e. The molecular weight excluding hydrogens is 426 g/mol. The Morgan fingerprint density at radius 1 is 0.909 bits per heavy atom. The molecule has 1 amide bonds. The molecule has 1 fully saturated rings. The molecule has 0 aromatic heterocycles. The van der Waals surface area contributed by atoms with Gasteiger partial charge in [-0.2, -0.15) is 0 Å². The molecule has 1 aliphatic rings. The molecule has 8 nitrogen and oxygen atoms in total. The number of Topliss-reactive ketones (excluding diaryl/α,β-unsaturated/α-hetero) is 1. The fourth-order valence-electron chi connectivity index (χ4n) is 4.03. The second-order valence-electron chi connectivity index (χ2n) is 7.50. The molecule has 0 saturated carbocycles. The molecule has 0 spiro atoms. The zero-order valence-electron chi connectivity index (χ0n) is 19.5. The molecule has 1 saturated heterocycles. The first-order chi connectivity index (χ1) is 15.9. The Morgan fingerprint density at radius 2 is 1.52 bits per heavy atom. The number of likely N-dealkylation sites (tertiary alicyclic amines) is 1. The fraction of sp³-hybridized carbons (Fsp3) is 0.360. The van der Waals surface area contributed by atoms with Crippen molar-refractivity contribution in [1.29, 1.82) is 0 Å². The monoisotopic (exact) mass is 455 g/mol. The number of aliphatic hydroxyl groups is 1. The Kier molecular flexibility index (Phi) is 7.48. The van der Waals surface area contributed by atoms with Gasteiger partial charge in [0.2, 0.25) is 0 Å². The number of hydrogen-bond acceptors (Lipinski definition) is 7. The SMILES string of the molecule is CCCCN1C(=O)C(=O)/C(=C(/O)c2c(OC)cccc2OC)C1c1ccc(OC)c(OC)c1. The highest BCUT2D eigenvalue weighted by Crippen LogP contribution is 2.44. The molecule has 1 heterocycles. The van der Waals surface area contributed by atoms with Crippen molar-refractivity contribution in [2.75, 3.05) is 35.0 Å². The van der Waals surface area contributed by atoms with Crippen LogP contribution in [0.2, 0.25) is 0 Å². The highest BCUT2D eigenvalue weighted by molar-refractivity contribution is 6.46. The summed E-state index contributed by atoms with van der Waals surface area (Å²) in [5.41, 5.74) is 0.783. The molecule has 3 rings (SSSR count). The van der Waals surface area contributed by atoms with Gasteiger partial charge in [-0.15, -0.1) is 0 Å². The lowest BCUT2D eigenvalue weighted by Crippen LogP contribution is -2.30. The quantitative estimate of drug-likeness (QED) is 0.348. The summed E-state index contributed by atoms with van der Waals surface area (Å²) in [4.78, 5) is 27.7. The summed E-state index contributed by atoms with van der Waals surface area (Å²) in [5, 5.41) is 11.4. The molecule has 0 bridgehead atoms. The van der Waals surface area contributed by atoms with Crippen LogP contribution in [-0.2, 0) is 9.59 Å². The van der Waals surface area contributed by atoms with Crippen molar-refractivity contribution >= 4 is 17.4 Å². The maximum absolute atomic E-state index is 13.2. The maximum atomic E-state index is 13.2. The average molecular weight is 456 g/mol. The first-order valence-corrected chi connectivity index (χ1v) is 10.6. The van der Waals surface area contributed by atoms with Crippen molar-refractivity contribution in [2.24, 2.45) is 0 Å². The Balaban J connectivity index is 2.29. The average Bonchev–Trinajstić information content (AvgIpc) is 3.10. The third-order valence-corrected chi connectivity index (χ3v) is 5.68. The van der Waals surface area contributed by atoms with E-state index in [1.807, 2.05) is 6.92 Å². The van der Waals surface area contributed by atoms with Crippen molar-refractivity contribution in [3.05, 3.63) is 53.1 Å². The van der Waals surface area contributed by atoms with Crippen molar-refractivity contribution in [3.8, 4) is 23.0 Å². The van der Waals surface area contributed by atoms with Gasteiger partial charge in [0.15, 0.2) is 11.5 Å². The van der Waals surface area contributed by atoms with Crippen molar-refractivity contribution in [1.82, 2.24) is 4.90 Å². The summed E-state index contributed by atoms with van der Waals surface area (Å²) in [6.45, 7) is 2.36. The molecule has 0 radical (unpaired) electrons. The Hall–Kier alpha value is -3.68. The lowest BCUT2D eigenvalue weighted by atomic mass is 9.94. The van der Waals surface area contributed by atoms with Crippen molar-refractivity contribution < 1.29 is 33.6 Å². The van der Waals surface area contributed by atoms with Crippen LogP contribution < -0.4 is 18.9 Å². The normalized spacial score (nSPS) is 17.2. The number of amides is 1. The van der Waals surface area contributed by atoms with E-state index in [0.29, 0.717) is 41.5 Å². The number of carbonyl (C=O) groups is 2. The standard InChI is InChI=1S/C25H29NO7/c1-6-7-13-26-22(15-11-12-16(30-2)19(14-15)33-5)21(24(28)25(26)29)23(27)20-17(31-3)9-8-10-18(20)32-4/h8-12,14,22,27H,6-7,13H2,1-5H3/b23-21+. The summed E-state index contributed by atoms with van der Waals surface area (Å²) in [5.74, 6) is -0.198. The second-order valence-corrected chi connectivity index (χ2v) is 7.50. The Bertz CT molecular complexity index is 1050. The van der Waals surface area contributed by atoms with Gasteiger partial charge in [0.25, 0.3) is 11.7 Å². The summed E-state index contributed by atoms with van der Waals surface area (Å²) in [6, 6.07) is 9.36. The number of aliphatic hydroxyl groups excluding tert-OH is 1. The van der Waals surface area contributed by atoms with Crippen LogP contribution in [0, 0.1) is 0 Å². The highest BCUT2D eigenvalue weighted by atomic mass is 16.5. The number of ketones is 1. The van der Waals surface area contributed by atoms with E-state index in [4.69, 9.17) is 18.9 Å². The van der Waals surface area contributed by atoms with E-state index in [-0.39, 0.29) is 16.9 Å². The fourth-order valence-corrected chi connectivity index (χ4v) is 4.03. The summed E-state index contributed by atoms with van der Waals surface area (Å²) in [6.07, 6.45) is 1.54. The molecule has 1 unspecified atom stereocenters. The van der Waals surface area contributed by atoms with Crippen LogP contribution in [0.5, 0.6) is 23.0 Å². The molecule has 176 valence electrons. The maximum Gasteiger partial charge on any atom is 0.295 e. The minimum Gasteiger partial charge on any atom is -0.506 e. The number of hydrogen-bond donors (Lipinski definition) is 1. The summed E-state index contributed by atoms with van der Waals surface area (Å²) in [7, 11) is 5.95. The third-order valence-electron chi connectivity index (χ3n) is 5.68. The van der Waals surface area contributed by atoms with Crippen LogP contribution in [0.25, 0.3) is 5.76 Å². The summed E-state index contributed by atoms with van der Waals surface area (Å²) >= 11 is 0. The predicted octanol–water partition coefficient (Wildman–Crippen LogP) is 3.94. The van der Waals surface area contributed by atoms with Gasteiger partial charge < -0.3 is 29.0 Å². The van der Waals surface area contributed by atoms with Crippen LogP contribution in [0.3, 0.4) is 0 Å². The molecule has 2 aromatic carbocycles. The van der Waals surface area contributed by atoms with Crippen molar-refractivity contribution in [3.63, 3.8) is 0 Å². The molecule has 8 heteroatoms. The van der Waals surface area contributed by atoms with Gasteiger partial charge in [0, 0.05) is 6.54 Å². The zero-order valence-corrected chi connectivity index (χ0v) is 19.5. The van der Waals surface area contributed by atoms with E-state index in [0.717, 1.165) is 6.42 Å². The van der Waals surface area contributed by atoms with E-state index < -0.39 is 17.7 Å².